The Balaban J connectivity index is 3.69. The van der Waals surface area contributed by atoms with Gasteiger partial charge < -0.3 is 10.2 Å². The maximum Gasteiger partial charge on any atom is 0.303 e. The minimum absolute atomic E-state index is 0.00951. The molecule has 0 aromatic carbocycles. The van der Waals surface area contributed by atoms with E-state index in [1.807, 2.05) is 0 Å². The zero-order valence-corrected chi connectivity index (χ0v) is 9.91. The number of carboxylic acid groups (broad SMARTS) is 1. The quantitative estimate of drug-likeness (QED) is 0.583. The highest BCUT2D eigenvalue weighted by atomic mass is 16.4. The van der Waals surface area contributed by atoms with Crippen LogP contribution in [-0.2, 0) is 4.79 Å². The SMILES string of the molecule is CCCCC[C@H](C)C[C@H](CO)CC(=O)O. The predicted octanol–water partition coefficient (Wildman–Crippen LogP) is 2.68. The van der Waals surface area contributed by atoms with Gasteiger partial charge in [-0.1, -0.05) is 39.5 Å². The molecule has 0 aromatic rings. The molecule has 90 valence electrons. The summed E-state index contributed by atoms with van der Waals surface area (Å²) in [4.78, 5) is 10.5. The fourth-order valence-electron chi connectivity index (χ4n) is 1.90. The van der Waals surface area contributed by atoms with E-state index in [0.717, 1.165) is 12.8 Å². The Kier molecular flexibility index (Phi) is 8.38. The fourth-order valence-corrected chi connectivity index (χ4v) is 1.90. The lowest BCUT2D eigenvalue weighted by Gasteiger charge is -2.17. The van der Waals surface area contributed by atoms with E-state index in [9.17, 15) is 4.79 Å². The first kappa shape index (κ1) is 14.4. The molecule has 0 amide bonds. The van der Waals surface area contributed by atoms with Gasteiger partial charge in [0.2, 0.25) is 0 Å². The molecule has 0 unspecified atom stereocenters. The van der Waals surface area contributed by atoms with Gasteiger partial charge in [-0.15, -0.1) is 0 Å². The molecule has 0 heterocycles. The van der Waals surface area contributed by atoms with Crippen LogP contribution in [0.5, 0.6) is 0 Å². The smallest absolute Gasteiger partial charge is 0.303 e. The normalized spacial score (nSPS) is 14.9. The average molecular weight is 216 g/mol. The summed E-state index contributed by atoms with van der Waals surface area (Å²) in [7, 11) is 0. The number of carbonyl (C=O) groups is 1. The first-order valence-corrected chi connectivity index (χ1v) is 5.92. The van der Waals surface area contributed by atoms with Crippen LogP contribution in [-0.4, -0.2) is 22.8 Å². The summed E-state index contributed by atoms with van der Waals surface area (Å²) in [6, 6.07) is 0. The number of aliphatic hydroxyl groups is 1. The second-order valence-electron chi connectivity index (χ2n) is 4.48. The van der Waals surface area contributed by atoms with Crippen LogP contribution in [0.2, 0.25) is 0 Å². The van der Waals surface area contributed by atoms with Crippen molar-refractivity contribution in [1.82, 2.24) is 0 Å². The van der Waals surface area contributed by atoms with Crippen LogP contribution in [0.25, 0.3) is 0 Å². The zero-order valence-electron chi connectivity index (χ0n) is 9.91. The van der Waals surface area contributed by atoms with Gasteiger partial charge in [0, 0.05) is 6.61 Å². The molecule has 15 heavy (non-hydrogen) atoms. The molecule has 0 radical (unpaired) electrons. The molecule has 0 aliphatic carbocycles. The highest BCUT2D eigenvalue weighted by Gasteiger charge is 2.15. The number of hydrogen-bond donors (Lipinski definition) is 2. The first-order chi connectivity index (χ1) is 7.10. The van der Waals surface area contributed by atoms with Gasteiger partial charge in [0.05, 0.1) is 6.42 Å². The number of aliphatic carboxylic acids is 1. The summed E-state index contributed by atoms with van der Waals surface area (Å²) >= 11 is 0. The van der Waals surface area contributed by atoms with Crippen LogP contribution >= 0.6 is 0 Å². The van der Waals surface area contributed by atoms with Crippen LogP contribution in [0, 0.1) is 11.8 Å². The molecule has 2 atom stereocenters. The maximum absolute atomic E-state index is 10.5. The van der Waals surface area contributed by atoms with Crippen molar-refractivity contribution in [3.05, 3.63) is 0 Å². The van der Waals surface area contributed by atoms with Crippen LogP contribution in [0.4, 0.5) is 0 Å². The van der Waals surface area contributed by atoms with Crippen LogP contribution in [0.15, 0.2) is 0 Å². The van der Waals surface area contributed by atoms with Crippen molar-refractivity contribution in [3.8, 4) is 0 Å². The Bertz CT molecular complexity index is 168. The summed E-state index contributed by atoms with van der Waals surface area (Å²) in [6.45, 7) is 4.30. The zero-order chi connectivity index (χ0) is 11.7. The Hall–Kier alpha value is -0.570. The largest absolute Gasteiger partial charge is 0.481 e. The summed E-state index contributed by atoms with van der Waals surface area (Å²) in [5.41, 5.74) is 0. The Morgan fingerprint density at radius 1 is 1.33 bits per heavy atom. The van der Waals surface area contributed by atoms with Gasteiger partial charge in [-0.2, -0.15) is 0 Å². The van der Waals surface area contributed by atoms with Gasteiger partial charge in [-0.05, 0) is 18.3 Å². The van der Waals surface area contributed by atoms with E-state index in [2.05, 4.69) is 13.8 Å². The van der Waals surface area contributed by atoms with Crippen molar-refractivity contribution in [1.29, 1.82) is 0 Å². The van der Waals surface area contributed by atoms with Crippen molar-refractivity contribution in [2.24, 2.45) is 11.8 Å². The van der Waals surface area contributed by atoms with Gasteiger partial charge in [0.15, 0.2) is 0 Å². The van der Waals surface area contributed by atoms with Gasteiger partial charge in [0.25, 0.3) is 0 Å². The number of rotatable bonds is 9. The van der Waals surface area contributed by atoms with Gasteiger partial charge in [0.1, 0.15) is 0 Å². The fraction of sp³-hybridized carbons (Fsp3) is 0.917. The van der Waals surface area contributed by atoms with Crippen molar-refractivity contribution in [2.45, 2.75) is 52.4 Å². The maximum atomic E-state index is 10.5. The molecule has 3 heteroatoms. The molecular weight excluding hydrogens is 192 g/mol. The summed E-state index contributed by atoms with van der Waals surface area (Å²) < 4.78 is 0. The molecule has 0 aliphatic rings. The number of aliphatic hydroxyl groups excluding tert-OH is 1. The lowest BCUT2D eigenvalue weighted by Crippen LogP contribution is -2.15. The Morgan fingerprint density at radius 2 is 2.00 bits per heavy atom. The second-order valence-corrected chi connectivity index (χ2v) is 4.48. The first-order valence-electron chi connectivity index (χ1n) is 5.92. The van der Waals surface area contributed by atoms with Gasteiger partial charge in [-0.25, -0.2) is 0 Å². The van der Waals surface area contributed by atoms with Crippen molar-refractivity contribution < 1.29 is 15.0 Å². The molecule has 3 nitrogen and oxygen atoms in total. The summed E-state index contributed by atoms with van der Waals surface area (Å²) in [5, 5.41) is 17.7. The van der Waals surface area contributed by atoms with Crippen LogP contribution in [0.3, 0.4) is 0 Å². The Morgan fingerprint density at radius 3 is 2.47 bits per heavy atom. The third-order valence-electron chi connectivity index (χ3n) is 2.76. The minimum Gasteiger partial charge on any atom is -0.481 e. The third-order valence-corrected chi connectivity index (χ3v) is 2.76. The minimum atomic E-state index is -0.810. The molecule has 2 N–H and O–H groups in total. The molecular formula is C12H24O3. The van der Waals surface area contributed by atoms with Crippen molar-refractivity contribution in [3.63, 3.8) is 0 Å². The van der Waals surface area contributed by atoms with Gasteiger partial charge in [-0.3, -0.25) is 4.79 Å². The van der Waals surface area contributed by atoms with Gasteiger partial charge >= 0.3 is 5.97 Å². The third kappa shape index (κ3) is 8.43. The molecule has 0 rings (SSSR count). The van der Waals surface area contributed by atoms with Crippen LogP contribution < -0.4 is 0 Å². The predicted molar refractivity (Wildman–Crippen MR) is 60.8 cm³/mol. The highest BCUT2D eigenvalue weighted by molar-refractivity contribution is 5.67. The second kappa shape index (κ2) is 8.72. The van der Waals surface area contributed by atoms with E-state index in [1.165, 1.54) is 19.3 Å². The number of carboxylic acids is 1. The Labute approximate surface area is 92.5 Å². The molecule has 0 aliphatic heterocycles. The molecule has 0 aromatic heterocycles. The standard InChI is InChI=1S/C12H24O3/c1-3-4-5-6-10(2)7-11(9-13)8-12(14)15/h10-11,13H,3-9H2,1-2H3,(H,14,15)/t10-,11-/m0/s1. The van der Waals surface area contributed by atoms with E-state index in [-0.39, 0.29) is 18.9 Å². The van der Waals surface area contributed by atoms with E-state index >= 15 is 0 Å². The number of hydrogen-bond acceptors (Lipinski definition) is 2. The number of unbranched alkanes of at least 4 members (excludes halogenated alkanes) is 2. The summed E-state index contributed by atoms with van der Waals surface area (Å²) in [6.07, 6.45) is 5.73. The summed E-state index contributed by atoms with van der Waals surface area (Å²) in [5.74, 6) is -0.359. The average Bonchev–Trinajstić information content (AvgIpc) is 2.16. The molecule has 0 fully saturated rings. The lowest BCUT2D eigenvalue weighted by atomic mass is 9.90. The lowest BCUT2D eigenvalue weighted by molar-refractivity contribution is -0.138. The van der Waals surface area contributed by atoms with E-state index in [1.54, 1.807) is 0 Å². The molecule has 0 spiro atoms. The van der Waals surface area contributed by atoms with E-state index < -0.39 is 5.97 Å². The molecule has 0 saturated carbocycles. The monoisotopic (exact) mass is 216 g/mol. The van der Waals surface area contributed by atoms with E-state index in [0.29, 0.717) is 5.92 Å². The molecule has 0 saturated heterocycles. The van der Waals surface area contributed by atoms with Crippen molar-refractivity contribution in [2.75, 3.05) is 6.61 Å². The van der Waals surface area contributed by atoms with E-state index in [4.69, 9.17) is 10.2 Å². The highest BCUT2D eigenvalue weighted by Crippen LogP contribution is 2.20. The topological polar surface area (TPSA) is 57.5 Å². The molecule has 0 bridgehead atoms. The van der Waals surface area contributed by atoms with Crippen LogP contribution in [0.1, 0.15) is 52.4 Å². The van der Waals surface area contributed by atoms with Crippen molar-refractivity contribution >= 4 is 5.97 Å².